The molecule has 0 radical (unpaired) electrons. The van der Waals surface area contributed by atoms with Crippen LogP contribution in [0.4, 0.5) is 0 Å². The van der Waals surface area contributed by atoms with Crippen LogP contribution < -0.4 is 11.1 Å². The van der Waals surface area contributed by atoms with E-state index in [2.05, 4.69) is 12.2 Å². The van der Waals surface area contributed by atoms with Crippen molar-refractivity contribution in [1.82, 2.24) is 5.32 Å². The summed E-state index contributed by atoms with van der Waals surface area (Å²) in [5.74, 6) is 0. The van der Waals surface area contributed by atoms with E-state index in [9.17, 15) is 0 Å². The van der Waals surface area contributed by atoms with Gasteiger partial charge >= 0.3 is 0 Å². The Morgan fingerprint density at radius 3 is 2.71 bits per heavy atom. The van der Waals surface area contributed by atoms with Gasteiger partial charge < -0.3 is 15.8 Å². The largest absolute Gasteiger partial charge is 0.385 e. The normalized spacial score (nSPS) is 21.6. The van der Waals surface area contributed by atoms with Crippen LogP contribution in [0.5, 0.6) is 0 Å². The van der Waals surface area contributed by atoms with E-state index in [4.69, 9.17) is 10.5 Å². The molecule has 0 aliphatic heterocycles. The van der Waals surface area contributed by atoms with E-state index in [1.165, 1.54) is 19.3 Å². The van der Waals surface area contributed by atoms with Crippen molar-refractivity contribution in [3.8, 4) is 0 Å². The van der Waals surface area contributed by atoms with Crippen molar-refractivity contribution < 1.29 is 4.74 Å². The molecular formula is C11H24N2O. The van der Waals surface area contributed by atoms with Crippen molar-refractivity contribution in [3.05, 3.63) is 0 Å². The lowest BCUT2D eigenvalue weighted by atomic mass is 9.78. The zero-order chi connectivity index (χ0) is 10.4. The van der Waals surface area contributed by atoms with Gasteiger partial charge in [0, 0.05) is 31.8 Å². The molecule has 84 valence electrons. The van der Waals surface area contributed by atoms with Gasteiger partial charge in [-0.3, -0.25) is 0 Å². The quantitative estimate of drug-likeness (QED) is 0.608. The van der Waals surface area contributed by atoms with Gasteiger partial charge in [0.25, 0.3) is 0 Å². The molecule has 0 amide bonds. The first kappa shape index (κ1) is 12.0. The Labute approximate surface area is 87.4 Å². The van der Waals surface area contributed by atoms with Gasteiger partial charge in [-0.1, -0.05) is 0 Å². The molecule has 3 N–H and O–H groups in total. The highest BCUT2D eigenvalue weighted by Crippen LogP contribution is 2.30. The second-order valence-corrected chi connectivity index (χ2v) is 4.69. The van der Waals surface area contributed by atoms with E-state index in [0.29, 0.717) is 5.54 Å². The maximum atomic E-state index is 5.98. The fourth-order valence-electron chi connectivity index (χ4n) is 1.85. The Morgan fingerprint density at radius 2 is 2.21 bits per heavy atom. The summed E-state index contributed by atoms with van der Waals surface area (Å²) in [6.45, 7) is 4.06. The lowest BCUT2D eigenvalue weighted by Gasteiger charge is -2.40. The van der Waals surface area contributed by atoms with Crippen LogP contribution in [0, 0.1) is 0 Å². The van der Waals surface area contributed by atoms with Crippen molar-refractivity contribution in [2.45, 2.75) is 50.6 Å². The number of hydrogen-bond acceptors (Lipinski definition) is 3. The third-order valence-electron chi connectivity index (χ3n) is 3.17. The van der Waals surface area contributed by atoms with Gasteiger partial charge in [-0.25, -0.2) is 0 Å². The molecule has 0 heterocycles. The molecule has 3 heteroatoms. The maximum Gasteiger partial charge on any atom is 0.0462 e. The number of nitrogens with two attached hydrogens (primary N) is 1. The first-order valence-electron chi connectivity index (χ1n) is 5.66. The van der Waals surface area contributed by atoms with Gasteiger partial charge in [0.1, 0.15) is 0 Å². The summed E-state index contributed by atoms with van der Waals surface area (Å²) >= 11 is 0. The SMILES string of the molecule is COCCCC(N)CNC1(C)CCC1. The van der Waals surface area contributed by atoms with Crippen LogP contribution in [0.3, 0.4) is 0 Å². The third kappa shape index (κ3) is 3.95. The monoisotopic (exact) mass is 200 g/mol. The van der Waals surface area contributed by atoms with E-state index in [-0.39, 0.29) is 6.04 Å². The van der Waals surface area contributed by atoms with E-state index in [1.807, 2.05) is 0 Å². The fourth-order valence-corrected chi connectivity index (χ4v) is 1.85. The zero-order valence-electron chi connectivity index (χ0n) is 9.51. The van der Waals surface area contributed by atoms with Gasteiger partial charge in [0.15, 0.2) is 0 Å². The van der Waals surface area contributed by atoms with E-state index >= 15 is 0 Å². The minimum absolute atomic E-state index is 0.280. The molecule has 0 spiro atoms. The summed E-state index contributed by atoms with van der Waals surface area (Å²) < 4.78 is 4.99. The first-order chi connectivity index (χ1) is 6.66. The Hall–Kier alpha value is -0.120. The molecule has 3 nitrogen and oxygen atoms in total. The van der Waals surface area contributed by atoms with Gasteiger partial charge in [0.2, 0.25) is 0 Å². The molecule has 1 atom stereocenters. The summed E-state index contributed by atoms with van der Waals surface area (Å²) in [6, 6.07) is 0.280. The number of nitrogens with one attached hydrogen (secondary N) is 1. The summed E-state index contributed by atoms with van der Waals surface area (Å²) in [6.07, 6.45) is 6.09. The van der Waals surface area contributed by atoms with Gasteiger partial charge in [-0.05, 0) is 39.0 Å². The predicted octanol–water partition coefficient (Wildman–Crippen LogP) is 1.27. The van der Waals surface area contributed by atoms with Crippen molar-refractivity contribution in [3.63, 3.8) is 0 Å². The molecule has 0 aromatic heterocycles. The average molecular weight is 200 g/mol. The summed E-state index contributed by atoms with van der Waals surface area (Å²) in [5.41, 5.74) is 6.37. The molecule has 0 saturated heterocycles. The van der Waals surface area contributed by atoms with Crippen LogP contribution in [0.25, 0.3) is 0 Å². The zero-order valence-corrected chi connectivity index (χ0v) is 9.51. The van der Waals surface area contributed by atoms with Crippen molar-refractivity contribution in [2.75, 3.05) is 20.3 Å². The summed E-state index contributed by atoms with van der Waals surface area (Å²) in [7, 11) is 1.74. The highest BCUT2D eigenvalue weighted by molar-refractivity contribution is 4.92. The van der Waals surface area contributed by atoms with Crippen LogP contribution in [-0.2, 0) is 4.74 Å². The highest BCUT2D eigenvalue weighted by atomic mass is 16.5. The molecule has 0 aromatic carbocycles. The van der Waals surface area contributed by atoms with Crippen LogP contribution in [0.2, 0.25) is 0 Å². The number of ether oxygens (including phenoxy) is 1. The maximum absolute atomic E-state index is 5.98. The Kier molecular flexibility index (Phi) is 4.85. The second-order valence-electron chi connectivity index (χ2n) is 4.69. The van der Waals surface area contributed by atoms with Gasteiger partial charge in [0.05, 0.1) is 0 Å². The van der Waals surface area contributed by atoms with E-state index < -0.39 is 0 Å². The minimum atomic E-state index is 0.280. The predicted molar refractivity (Wildman–Crippen MR) is 59.3 cm³/mol. The van der Waals surface area contributed by atoms with Crippen LogP contribution in [0.15, 0.2) is 0 Å². The number of methoxy groups -OCH3 is 1. The molecule has 1 rings (SSSR count). The Morgan fingerprint density at radius 1 is 1.50 bits per heavy atom. The highest BCUT2D eigenvalue weighted by Gasteiger charge is 2.30. The van der Waals surface area contributed by atoms with Gasteiger partial charge in [-0.2, -0.15) is 0 Å². The molecule has 1 aliphatic rings. The fraction of sp³-hybridized carbons (Fsp3) is 1.00. The molecule has 1 saturated carbocycles. The molecule has 14 heavy (non-hydrogen) atoms. The van der Waals surface area contributed by atoms with Gasteiger partial charge in [-0.15, -0.1) is 0 Å². The topological polar surface area (TPSA) is 47.3 Å². The van der Waals surface area contributed by atoms with Crippen LogP contribution >= 0.6 is 0 Å². The Balaban J connectivity index is 1.99. The average Bonchev–Trinajstić information content (AvgIpc) is 2.12. The number of hydrogen-bond donors (Lipinski definition) is 2. The van der Waals surface area contributed by atoms with E-state index in [1.54, 1.807) is 7.11 Å². The lowest BCUT2D eigenvalue weighted by Crippen LogP contribution is -2.52. The molecule has 0 aromatic rings. The second kappa shape index (κ2) is 5.69. The van der Waals surface area contributed by atoms with Crippen molar-refractivity contribution >= 4 is 0 Å². The minimum Gasteiger partial charge on any atom is -0.385 e. The summed E-state index contributed by atoms with van der Waals surface area (Å²) in [5, 5.41) is 3.56. The summed E-state index contributed by atoms with van der Waals surface area (Å²) in [4.78, 5) is 0. The molecular weight excluding hydrogens is 176 g/mol. The molecule has 1 fully saturated rings. The third-order valence-corrected chi connectivity index (χ3v) is 3.17. The molecule has 1 unspecified atom stereocenters. The number of rotatable bonds is 7. The molecule has 0 bridgehead atoms. The van der Waals surface area contributed by atoms with Crippen molar-refractivity contribution in [1.29, 1.82) is 0 Å². The van der Waals surface area contributed by atoms with Crippen LogP contribution in [0.1, 0.15) is 39.0 Å². The van der Waals surface area contributed by atoms with Crippen molar-refractivity contribution in [2.24, 2.45) is 5.73 Å². The lowest BCUT2D eigenvalue weighted by molar-refractivity contribution is 0.184. The van der Waals surface area contributed by atoms with Crippen LogP contribution in [-0.4, -0.2) is 31.8 Å². The Bertz CT molecular complexity index is 157. The first-order valence-corrected chi connectivity index (χ1v) is 5.66. The standard InChI is InChI=1S/C11H24N2O/c1-11(6-4-7-11)13-9-10(12)5-3-8-14-2/h10,13H,3-9,12H2,1-2H3. The molecule has 1 aliphatic carbocycles. The van der Waals surface area contributed by atoms with E-state index in [0.717, 1.165) is 26.0 Å². The smallest absolute Gasteiger partial charge is 0.0462 e.